The molecule has 2 aromatic heterocycles. The lowest BCUT2D eigenvalue weighted by Crippen LogP contribution is -2.28. The molecule has 1 saturated heterocycles. The minimum absolute atomic E-state index is 0.00924. The van der Waals surface area contributed by atoms with Crippen molar-refractivity contribution in [1.29, 1.82) is 0 Å². The summed E-state index contributed by atoms with van der Waals surface area (Å²) in [6, 6.07) is 0. The molecule has 1 aliphatic heterocycles. The fourth-order valence-electron chi connectivity index (χ4n) is 2.88. The van der Waals surface area contributed by atoms with E-state index < -0.39 is 0 Å². The highest BCUT2D eigenvalue weighted by Gasteiger charge is 2.30. The van der Waals surface area contributed by atoms with E-state index in [9.17, 15) is 4.79 Å². The number of aromatic nitrogens is 4. The minimum atomic E-state index is 0.00924. The van der Waals surface area contributed by atoms with E-state index in [0.717, 1.165) is 30.0 Å². The Kier molecular flexibility index (Phi) is 3.92. The maximum absolute atomic E-state index is 12.5. The second-order valence-electron chi connectivity index (χ2n) is 6.19. The van der Waals surface area contributed by atoms with Gasteiger partial charge >= 0.3 is 0 Å². The maximum atomic E-state index is 12.5. The third-order valence-corrected chi connectivity index (χ3v) is 4.19. The average molecular weight is 299 g/mol. The average Bonchev–Trinajstić information content (AvgIpc) is 3.15. The zero-order chi connectivity index (χ0) is 15.7. The van der Waals surface area contributed by atoms with Crippen LogP contribution in [-0.2, 0) is 0 Å². The standard InChI is InChI=1S/C16H21N5O/c1-10(2)15-17-7-13(8-18-15)16(22)21-5-4-12(9-21)14-11(3)6-19-20-14/h6-8,10,12H,4-5,9H2,1-3H3,(H,19,20). The molecular formula is C16H21N5O. The molecule has 6 nitrogen and oxygen atoms in total. The Balaban J connectivity index is 1.70. The molecule has 0 radical (unpaired) electrons. The van der Waals surface area contributed by atoms with Crippen LogP contribution >= 0.6 is 0 Å². The molecule has 1 unspecified atom stereocenters. The normalized spacial score (nSPS) is 18.2. The molecule has 0 saturated carbocycles. The molecule has 1 N–H and O–H groups in total. The van der Waals surface area contributed by atoms with Crippen LogP contribution in [0.1, 0.15) is 59.5 Å². The van der Waals surface area contributed by atoms with Crippen molar-refractivity contribution in [2.24, 2.45) is 0 Å². The fraction of sp³-hybridized carbons (Fsp3) is 0.500. The van der Waals surface area contributed by atoms with Crippen LogP contribution in [0.2, 0.25) is 0 Å². The van der Waals surface area contributed by atoms with Crippen LogP contribution in [0.25, 0.3) is 0 Å². The van der Waals surface area contributed by atoms with Crippen molar-refractivity contribution in [3.63, 3.8) is 0 Å². The van der Waals surface area contributed by atoms with E-state index in [1.54, 1.807) is 12.4 Å². The molecule has 0 spiro atoms. The molecule has 116 valence electrons. The minimum Gasteiger partial charge on any atom is -0.338 e. The van der Waals surface area contributed by atoms with Crippen molar-refractivity contribution < 1.29 is 4.79 Å². The summed E-state index contributed by atoms with van der Waals surface area (Å²) >= 11 is 0. The topological polar surface area (TPSA) is 74.8 Å². The van der Waals surface area contributed by atoms with Gasteiger partial charge in [0.25, 0.3) is 5.91 Å². The van der Waals surface area contributed by atoms with Crippen molar-refractivity contribution >= 4 is 5.91 Å². The Bertz CT molecular complexity index is 661. The molecule has 6 heteroatoms. The zero-order valence-corrected chi connectivity index (χ0v) is 13.2. The summed E-state index contributed by atoms with van der Waals surface area (Å²) in [7, 11) is 0. The predicted molar refractivity (Wildman–Crippen MR) is 82.7 cm³/mol. The molecule has 1 amide bonds. The van der Waals surface area contributed by atoms with Crippen molar-refractivity contribution in [3.05, 3.63) is 41.2 Å². The van der Waals surface area contributed by atoms with E-state index in [2.05, 4.69) is 20.2 Å². The Morgan fingerprint density at radius 3 is 2.64 bits per heavy atom. The Labute approximate surface area is 130 Å². The van der Waals surface area contributed by atoms with E-state index in [-0.39, 0.29) is 11.8 Å². The molecule has 2 aromatic rings. The van der Waals surface area contributed by atoms with Crippen LogP contribution < -0.4 is 0 Å². The van der Waals surface area contributed by atoms with Gasteiger partial charge in [-0.25, -0.2) is 9.97 Å². The number of carbonyl (C=O) groups is 1. The summed E-state index contributed by atoms with van der Waals surface area (Å²) in [5.41, 5.74) is 2.86. The van der Waals surface area contributed by atoms with Gasteiger partial charge in [0.2, 0.25) is 0 Å². The highest BCUT2D eigenvalue weighted by molar-refractivity contribution is 5.93. The molecule has 1 aliphatic rings. The summed E-state index contributed by atoms with van der Waals surface area (Å²) < 4.78 is 0. The number of nitrogens with one attached hydrogen (secondary N) is 1. The number of rotatable bonds is 3. The summed E-state index contributed by atoms with van der Waals surface area (Å²) in [6.45, 7) is 7.59. The van der Waals surface area contributed by atoms with E-state index >= 15 is 0 Å². The van der Waals surface area contributed by atoms with Gasteiger partial charge in [-0.2, -0.15) is 5.10 Å². The smallest absolute Gasteiger partial charge is 0.257 e. The van der Waals surface area contributed by atoms with E-state index in [0.29, 0.717) is 18.0 Å². The van der Waals surface area contributed by atoms with Gasteiger partial charge in [-0.1, -0.05) is 13.8 Å². The van der Waals surface area contributed by atoms with Crippen LogP contribution in [0.15, 0.2) is 18.6 Å². The summed E-state index contributed by atoms with van der Waals surface area (Å²) in [4.78, 5) is 23.0. The SMILES string of the molecule is Cc1cn[nH]c1C1CCN(C(=O)c2cnc(C(C)C)nc2)C1. The van der Waals surface area contributed by atoms with E-state index in [1.807, 2.05) is 31.9 Å². The van der Waals surface area contributed by atoms with Gasteiger partial charge in [-0.3, -0.25) is 9.89 Å². The Morgan fingerprint density at radius 2 is 2.05 bits per heavy atom. The Morgan fingerprint density at radius 1 is 1.32 bits per heavy atom. The number of hydrogen-bond acceptors (Lipinski definition) is 4. The molecule has 1 fully saturated rings. The number of nitrogens with zero attached hydrogens (tertiary/aromatic N) is 4. The second-order valence-corrected chi connectivity index (χ2v) is 6.19. The Hall–Kier alpha value is -2.24. The van der Waals surface area contributed by atoms with Crippen molar-refractivity contribution in [1.82, 2.24) is 25.1 Å². The van der Waals surface area contributed by atoms with Gasteiger partial charge in [0, 0.05) is 43.0 Å². The number of likely N-dealkylation sites (tertiary alicyclic amines) is 1. The molecule has 0 aliphatic carbocycles. The van der Waals surface area contributed by atoms with Crippen LogP contribution in [-0.4, -0.2) is 44.1 Å². The molecule has 3 rings (SSSR count). The third kappa shape index (κ3) is 2.73. The number of H-pyrrole nitrogens is 1. The van der Waals surface area contributed by atoms with Crippen LogP contribution in [0.3, 0.4) is 0 Å². The monoisotopic (exact) mass is 299 g/mol. The van der Waals surface area contributed by atoms with Crippen molar-refractivity contribution in [3.8, 4) is 0 Å². The summed E-state index contributed by atoms with van der Waals surface area (Å²) in [6.07, 6.45) is 6.07. The van der Waals surface area contributed by atoms with Gasteiger partial charge in [-0.15, -0.1) is 0 Å². The lowest BCUT2D eigenvalue weighted by atomic mass is 10.0. The first-order valence-corrected chi connectivity index (χ1v) is 7.67. The molecule has 22 heavy (non-hydrogen) atoms. The number of hydrogen-bond donors (Lipinski definition) is 1. The fourth-order valence-corrected chi connectivity index (χ4v) is 2.88. The van der Waals surface area contributed by atoms with E-state index in [4.69, 9.17) is 0 Å². The van der Waals surface area contributed by atoms with Gasteiger partial charge in [0.05, 0.1) is 11.8 Å². The number of carbonyl (C=O) groups excluding carboxylic acids is 1. The molecular weight excluding hydrogens is 278 g/mol. The second kappa shape index (κ2) is 5.87. The highest BCUT2D eigenvalue weighted by atomic mass is 16.2. The highest BCUT2D eigenvalue weighted by Crippen LogP contribution is 2.28. The predicted octanol–water partition coefficient (Wildman–Crippen LogP) is 2.26. The van der Waals surface area contributed by atoms with Crippen LogP contribution in [0.4, 0.5) is 0 Å². The number of aryl methyl sites for hydroxylation is 1. The van der Waals surface area contributed by atoms with Crippen molar-refractivity contribution in [2.75, 3.05) is 13.1 Å². The van der Waals surface area contributed by atoms with Crippen molar-refractivity contribution in [2.45, 2.75) is 39.0 Å². The summed E-state index contributed by atoms with van der Waals surface area (Å²) in [5.74, 6) is 1.38. The first-order chi connectivity index (χ1) is 10.6. The van der Waals surface area contributed by atoms with Gasteiger partial charge < -0.3 is 4.90 Å². The largest absolute Gasteiger partial charge is 0.338 e. The summed E-state index contributed by atoms with van der Waals surface area (Å²) in [5, 5.41) is 7.13. The number of aromatic amines is 1. The number of amides is 1. The van der Waals surface area contributed by atoms with Gasteiger partial charge in [0.15, 0.2) is 0 Å². The van der Waals surface area contributed by atoms with E-state index in [1.165, 1.54) is 0 Å². The zero-order valence-electron chi connectivity index (χ0n) is 13.2. The van der Waals surface area contributed by atoms with Gasteiger partial charge in [0.1, 0.15) is 5.82 Å². The van der Waals surface area contributed by atoms with Crippen LogP contribution in [0.5, 0.6) is 0 Å². The molecule has 0 aromatic carbocycles. The lowest BCUT2D eigenvalue weighted by molar-refractivity contribution is 0.0789. The van der Waals surface area contributed by atoms with Gasteiger partial charge in [-0.05, 0) is 18.9 Å². The third-order valence-electron chi connectivity index (χ3n) is 4.19. The molecule has 3 heterocycles. The van der Waals surface area contributed by atoms with Crippen LogP contribution in [0, 0.1) is 6.92 Å². The first kappa shape index (κ1) is 14.7. The first-order valence-electron chi connectivity index (χ1n) is 7.67. The molecule has 0 bridgehead atoms. The molecule has 1 atom stereocenters. The quantitative estimate of drug-likeness (QED) is 0.943. The lowest BCUT2D eigenvalue weighted by Gasteiger charge is -2.16. The maximum Gasteiger partial charge on any atom is 0.257 e.